The van der Waals surface area contributed by atoms with Gasteiger partial charge in [0.25, 0.3) is 0 Å². The topological polar surface area (TPSA) is 94.2 Å². The van der Waals surface area contributed by atoms with Gasteiger partial charge in [0, 0.05) is 6.54 Å². The van der Waals surface area contributed by atoms with Gasteiger partial charge in [0.1, 0.15) is 11.5 Å². The molecule has 1 fully saturated rings. The first kappa shape index (κ1) is 22.5. The molecule has 8 nitrogen and oxygen atoms in total. The van der Waals surface area contributed by atoms with E-state index in [-0.39, 0.29) is 12.8 Å². The number of nitrogens with one attached hydrogen (secondary N) is 1. The number of nitrogens with zero attached hydrogens (tertiary/aromatic N) is 1. The number of benzene rings is 1. The number of ether oxygens (including phenoxy) is 3. The van der Waals surface area contributed by atoms with Gasteiger partial charge in [-0.3, -0.25) is 10.1 Å². The zero-order valence-corrected chi connectivity index (χ0v) is 17.5. The molecule has 0 aliphatic carbocycles. The number of hydrogen-bond acceptors (Lipinski definition) is 6. The van der Waals surface area contributed by atoms with Gasteiger partial charge in [0.05, 0.1) is 13.2 Å². The van der Waals surface area contributed by atoms with E-state index in [2.05, 4.69) is 5.32 Å². The largest absolute Gasteiger partial charge is 0.468 e. The van der Waals surface area contributed by atoms with Crippen LogP contribution in [0.25, 0.3) is 0 Å². The van der Waals surface area contributed by atoms with E-state index in [1.807, 2.05) is 30.3 Å². The quantitative estimate of drug-likeness (QED) is 0.457. The lowest BCUT2D eigenvalue weighted by Gasteiger charge is -2.38. The van der Waals surface area contributed by atoms with Crippen LogP contribution in [-0.4, -0.2) is 55.1 Å². The first-order valence-electron chi connectivity index (χ1n) is 9.76. The standard InChI is InChI=1S/C21H30N2O6/c1-21(2,3)29-19(25)22-14-28-20(26)23-13-9-8-12-16(23)17(18(24)27-4)15-10-6-5-7-11-15/h5-7,10-11,16-17H,8-9,12-14H2,1-4H3,(H,22,25). The van der Waals surface area contributed by atoms with Crippen molar-refractivity contribution in [3.05, 3.63) is 35.9 Å². The highest BCUT2D eigenvalue weighted by Crippen LogP contribution is 2.32. The molecule has 160 valence electrons. The Hall–Kier alpha value is -2.77. The lowest BCUT2D eigenvalue weighted by molar-refractivity contribution is -0.144. The van der Waals surface area contributed by atoms with Gasteiger partial charge < -0.3 is 19.1 Å². The van der Waals surface area contributed by atoms with Crippen molar-refractivity contribution in [2.24, 2.45) is 0 Å². The monoisotopic (exact) mass is 406 g/mol. The second-order valence-corrected chi connectivity index (χ2v) is 7.90. The molecule has 2 unspecified atom stereocenters. The molecule has 2 amide bonds. The first-order valence-corrected chi connectivity index (χ1v) is 9.76. The molecule has 0 radical (unpaired) electrons. The molecule has 1 aliphatic heterocycles. The van der Waals surface area contributed by atoms with E-state index in [1.54, 1.807) is 25.7 Å². The van der Waals surface area contributed by atoms with Gasteiger partial charge in [0.15, 0.2) is 6.73 Å². The number of esters is 1. The summed E-state index contributed by atoms with van der Waals surface area (Å²) in [6, 6.07) is 8.89. The SMILES string of the molecule is COC(=O)C(c1ccccc1)C1CCCCN1C(=O)OCNC(=O)OC(C)(C)C. The molecule has 0 aromatic heterocycles. The fourth-order valence-electron chi connectivity index (χ4n) is 3.39. The summed E-state index contributed by atoms with van der Waals surface area (Å²) in [5.41, 5.74) is 0.145. The number of methoxy groups -OCH3 is 1. The van der Waals surface area contributed by atoms with E-state index < -0.39 is 29.7 Å². The van der Waals surface area contributed by atoms with Crippen molar-refractivity contribution in [1.82, 2.24) is 10.2 Å². The zero-order chi connectivity index (χ0) is 21.4. The Morgan fingerprint density at radius 2 is 1.86 bits per heavy atom. The van der Waals surface area contributed by atoms with Crippen LogP contribution in [0.5, 0.6) is 0 Å². The van der Waals surface area contributed by atoms with E-state index in [0.717, 1.165) is 18.4 Å². The minimum absolute atomic E-state index is 0.314. The molecular weight excluding hydrogens is 376 g/mol. The molecule has 2 atom stereocenters. The third-order valence-electron chi connectivity index (χ3n) is 4.59. The predicted octanol–water partition coefficient (Wildman–Crippen LogP) is 3.42. The van der Waals surface area contributed by atoms with Crippen LogP contribution in [-0.2, 0) is 19.0 Å². The van der Waals surface area contributed by atoms with Crippen LogP contribution in [0.15, 0.2) is 30.3 Å². The third kappa shape index (κ3) is 6.66. The van der Waals surface area contributed by atoms with Crippen LogP contribution in [0.2, 0.25) is 0 Å². The summed E-state index contributed by atoms with van der Waals surface area (Å²) in [5, 5.41) is 2.40. The highest BCUT2D eigenvalue weighted by atomic mass is 16.6. The number of rotatable bonds is 5. The fraction of sp³-hybridized carbons (Fsp3) is 0.571. The van der Waals surface area contributed by atoms with Crippen molar-refractivity contribution in [3.63, 3.8) is 0 Å². The Morgan fingerprint density at radius 3 is 2.48 bits per heavy atom. The van der Waals surface area contributed by atoms with Gasteiger partial charge in [-0.15, -0.1) is 0 Å². The molecule has 1 aromatic rings. The average Bonchev–Trinajstić information content (AvgIpc) is 2.67. The predicted molar refractivity (Wildman–Crippen MR) is 106 cm³/mol. The van der Waals surface area contributed by atoms with Crippen molar-refractivity contribution < 1.29 is 28.6 Å². The molecule has 0 saturated carbocycles. The molecule has 2 rings (SSSR count). The molecule has 1 heterocycles. The van der Waals surface area contributed by atoms with E-state index in [4.69, 9.17) is 14.2 Å². The molecule has 1 saturated heterocycles. The first-order chi connectivity index (χ1) is 13.7. The molecule has 0 spiro atoms. The number of carbonyl (C=O) groups excluding carboxylic acids is 3. The average molecular weight is 406 g/mol. The Balaban J connectivity index is 2.06. The molecule has 1 aliphatic rings. The minimum Gasteiger partial charge on any atom is -0.468 e. The second-order valence-electron chi connectivity index (χ2n) is 7.90. The number of likely N-dealkylation sites (tertiary alicyclic amines) is 1. The second kappa shape index (κ2) is 10.1. The van der Waals surface area contributed by atoms with E-state index >= 15 is 0 Å². The number of alkyl carbamates (subject to hydrolysis) is 1. The van der Waals surface area contributed by atoms with Crippen LogP contribution in [0.4, 0.5) is 9.59 Å². The summed E-state index contributed by atoms with van der Waals surface area (Å²) < 4.78 is 15.3. The smallest absolute Gasteiger partial charge is 0.411 e. The molecule has 1 N–H and O–H groups in total. The van der Waals surface area contributed by atoms with Crippen molar-refractivity contribution in [3.8, 4) is 0 Å². The Kier molecular flexibility index (Phi) is 7.87. The summed E-state index contributed by atoms with van der Waals surface area (Å²) in [4.78, 5) is 38.5. The number of carbonyl (C=O) groups is 3. The van der Waals surface area contributed by atoms with Gasteiger partial charge in [0.2, 0.25) is 0 Å². The number of hydrogen-bond donors (Lipinski definition) is 1. The highest BCUT2D eigenvalue weighted by molar-refractivity contribution is 5.80. The zero-order valence-electron chi connectivity index (χ0n) is 17.5. The molecular formula is C21H30N2O6. The summed E-state index contributed by atoms with van der Waals surface area (Å²) >= 11 is 0. The Bertz CT molecular complexity index is 701. The van der Waals surface area contributed by atoms with E-state index in [9.17, 15) is 14.4 Å². The van der Waals surface area contributed by atoms with Gasteiger partial charge in [-0.2, -0.15) is 0 Å². The lowest BCUT2D eigenvalue weighted by atomic mass is 9.85. The number of amides is 2. The normalized spacial score (nSPS) is 17.8. The lowest BCUT2D eigenvalue weighted by Crippen LogP contribution is -2.49. The van der Waals surface area contributed by atoms with Crippen LogP contribution in [0.3, 0.4) is 0 Å². The van der Waals surface area contributed by atoms with Crippen molar-refractivity contribution in [2.45, 2.75) is 57.6 Å². The van der Waals surface area contributed by atoms with Crippen molar-refractivity contribution >= 4 is 18.2 Å². The molecule has 29 heavy (non-hydrogen) atoms. The molecule has 0 bridgehead atoms. The van der Waals surface area contributed by atoms with E-state index in [1.165, 1.54) is 7.11 Å². The third-order valence-corrected chi connectivity index (χ3v) is 4.59. The van der Waals surface area contributed by atoms with Crippen LogP contribution in [0, 0.1) is 0 Å². The summed E-state index contributed by atoms with van der Waals surface area (Å²) in [6.07, 6.45) is 1.11. The maximum absolute atomic E-state index is 12.7. The van der Waals surface area contributed by atoms with Crippen molar-refractivity contribution in [2.75, 3.05) is 20.4 Å². The summed E-state index contributed by atoms with van der Waals surface area (Å²) in [5.74, 6) is -0.999. The van der Waals surface area contributed by atoms with Gasteiger partial charge in [-0.1, -0.05) is 30.3 Å². The molecule has 8 heteroatoms. The fourth-order valence-corrected chi connectivity index (χ4v) is 3.39. The Labute approximate surface area is 171 Å². The van der Waals surface area contributed by atoms with Gasteiger partial charge >= 0.3 is 18.2 Å². The van der Waals surface area contributed by atoms with Crippen LogP contribution >= 0.6 is 0 Å². The summed E-state index contributed by atoms with van der Waals surface area (Å²) in [7, 11) is 1.34. The maximum atomic E-state index is 12.7. The van der Waals surface area contributed by atoms with Crippen LogP contribution < -0.4 is 5.32 Å². The van der Waals surface area contributed by atoms with Gasteiger partial charge in [-0.05, 0) is 45.6 Å². The Morgan fingerprint density at radius 1 is 1.17 bits per heavy atom. The summed E-state index contributed by atoms with van der Waals surface area (Å²) in [6.45, 7) is 5.38. The van der Waals surface area contributed by atoms with Gasteiger partial charge in [-0.25, -0.2) is 9.59 Å². The van der Waals surface area contributed by atoms with E-state index in [0.29, 0.717) is 13.0 Å². The van der Waals surface area contributed by atoms with Crippen molar-refractivity contribution in [1.29, 1.82) is 0 Å². The van der Waals surface area contributed by atoms with Crippen LogP contribution in [0.1, 0.15) is 51.5 Å². The minimum atomic E-state index is -0.669. The number of piperidine rings is 1. The molecule has 1 aromatic carbocycles. The maximum Gasteiger partial charge on any atom is 0.411 e. The highest BCUT2D eigenvalue weighted by Gasteiger charge is 2.39.